The third-order valence-corrected chi connectivity index (χ3v) is 12.5. The van der Waals surface area contributed by atoms with Gasteiger partial charge in [-0.25, -0.2) is 9.98 Å². The number of amidine groups is 2. The second kappa shape index (κ2) is 17.3. The third-order valence-electron chi connectivity index (χ3n) is 12.5. The van der Waals surface area contributed by atoms with Gasteiger partial charge in [0, 0.05) is 17.3 Å². The average Bonchev–Trinajstić information content (AvgIpc) is 3.39. The van der Waals surface area contributed by atoms with Crippen LogP contribution in [-0.2, 0) is 0 Å². The summed E-state index contributed by atoms with van der Waals surface area (Å²) < 4.78 is 0. The van der Waals surface area contributed by atoms with Gasteiger partial charge in [-0.05, 0) is 117 Å². The van der Waals surface area contributed by atoms with Gasteiger partial charge in [0.1, 0.15) is 0 Å². The predicted octanol–water partition coefficient (Wildman–Crippen LogP) is 15.7. The molecule has 0 saturated carbocycles. The molecule has 0 fully saturated rings. The lowest BCUT2D eigenvalue weighted by Crippen LogP contribution is -2.05. The van der Waals surface area contributed by atoms with Gasteiger partial charge in [-0.2, -0.15) is 5.26 Å². The highest BCUT2D eigenvalue weighted by Crippen LogP contribution is 2.37. The molecule has 0 atom stereocenters. The second-order valence-corrected chi connectivity index (χ2v) is 16.5. The predicted molar refractivity (Wildman–Crippen MR) is 277 cm³/mol. The molecule has 0 spiro atoms. The fourth-order valence-corrected chi connectivity index (χ4v) is 9.06. The van der Waals surface area contributed by atoms with Crippen molar-refractivity contribution in [2.45, 2.75) is 0 Å². The molecule has 0 heterocycles. The summed E-state index contributed by atoms with van der Waals surface area (Å²) in [6.07, 6.45) is 1.80. The lowest BCUT2D eigenvalue weighted by molar-refractivity contribution is 1.41. The van der Waals surface area contributed by atoms with Gasteiger partial charge >= 0.3 is 0 Å². The number of fused-ring (bicyclic) bond motifs is 6. The standard InChI is InChI=1S/C62H40N4/c63-39-42-20-34-55(59(36-42)52-15-8-14-50(37-52)51-32-29-48-28-27-45-12-5-7-17-54(45)60(48)38-51)47-25-21-43(22-26-47)44-23-30-49(31-24-44)62(65-40-41-10-2-1-3-11-41)66-61(64)58-19-9-18-56-53-16-6-4-13-46(53)33-35-57(56)58/h1-38,40,64H. The third kappa shape index (κ3) is 7.72. The molecule has 0 unspecified atom stereocenters. The van der Waals surface area contributed by atoms with Gasteiger partial charge < -0.3 is 0 Å². The molecule has 11 aromatic carbocycles. The largest absolute Gasteiger partial charge is 0.282 e. The van der Waals surface area contributed by atoms with E-state index in [0.717, 1.165) is 82.7 Å². The Kier molecular flexibility index (Phi) is 10.4. The highest BCUT2D eigenvalue weighted by Gasteiger charge is 2.14. The first-order valence-corrected chi connectivity index (χ1v) is 22.0. The summed E-state index contributed by atoms with van der Waals surface area (Å²) in [5, 5.41) is 28.5. The number of hydrogen-bond acceptors (Lipinski definition) is 2. The topological polar surface area (TPSA) is 72.4 Å². The quantitative estimate of drug-likeness (QED) is 0.0969. The van der Waals surface area contributed by atoms with E-state index in [4.69, 9.17) is 9.98 Å². The fourth-order valence-electron chi connectivity index (χ4n) is 9.06. The molecule has 0 radical (unpaired) electrons. The normalized spacial score (nSPS) is 11.7. The van der Waals surface area contributed by atoms with Crippen molar-refractivity contribution >= 4 is 61.0 Å². The van der Waals surface area contributed by atoms with Crippen LogP contribution >= 0.6 is 0 Å². The zero-order valence-corrected chi connectivity index (χ0v) is 35.9. The molecule has 1 N–H and O–H groups in total. The number of benzene rings is 11. The van der Waals surface area contributed by atoms with Gasteiger partial charge in [-0.15, -0.1) is 0 Å². The Bertz CT molecular complexity index is 3760. The highest BCUT2D eigenvalue weighted by molar-refractivity contribution is 6.20. The molecule has 0 aromatic heterocycles. The Hall–Kier alpha value is -9.04. The summed E-state index contributed by atoms with van der Waals surface area (Å²) in [5.74, 6) is 0.599. The number of rotatable bonds is 7. The van der Waals surface area contributed by atoms with Crippen molar-refractivity contribution < 1.29 is 0 Å². The monoisotopic (exact) mass is 840 g/mol. The number of hydrogen-bond donors (Lipinski definition) is 1. The lowest BCUT2D eigenvalue weighted by Gasteiger charge is -2.14. The van der Waals surface area contributed by atoms with E-state index in [1.807, 2.05) is 78.9 Å². The lowest BCUT2D eigenvalue weighted by atomic mass is 9.90. The summed E-state index contributed by atoms with van der Waals surface area (Å²) in [5.41, 5.74) is 11.7. The van der Waals surface area contributed by atoms with Crippen molar-refractivity contribution in [1.29, 1.82) is 10.7 Å². The molecule has 308 valence electrons. The second-order valence-electron chi connectivity index (χ2n) is 16.5. The van der Waals surface area contributed by atoms with E-state index in [1.54, 1.807) is 6.21 Å². The van der Waals surface area contributed by atoms with E-state index in [2.05, 4.69) is 158 Å². The van der Waals surface area contributed by atoms with Crippen molar-refractivity contribution in [3.63, 3.8) is 0 Å². The minimum Gasteiger partial charge on any atom is -0.282 e. The minimum atomic E-state index is 0.145. The molecule has 0 bridgehead atoms. The summed E-state index contributed by atoms with van der Waals surface area (Å²) in [7, 11) is 0. The molecule has 0 amide bonds. The molecule has 11 rings (SSSR count). The number of nitriles is 1. The van der Waals surface area contributed by atoms with Crippen LogP contribution in [0.5, 0.6) is 0 Å². The molecule has 4 heteroatoms. The van der Waals surface area contributed by atoms with Crippen LogP contribution < -0.4 is 0 Å². The first-order chi connectivity index (χ1) is 32.6. The number of aliphatic imine (C=N–C) groups is 2. The van der Waals surface area contributed by atoms with E-state index in [1.165, 1.54) is 21.5 Å². The van der Waals surface area contributed by atoms with Gasteiger partial charge in [0.2, 0.25) is 0 Å². The maximum atomic E-state index is 9.98. The molecular formula is C62H40N4. The summed E-state index contributed by atoms with van der Waals surface area (Å²) in [6.45, 7) is 0. The smallest absolute Gasteiger partial charge is 0.161 e. The number of nitrogens with zero attached hydrogens (tertiary/aromatic N) is 3. The zero-order chi connectivity index (χ0) is 44.4. The van der Waals surface area contributed by atoms with E-state index < -0.39 is 0 Å². The van der Waals surface area contributed by atoms with E-state index in [-0.39, 0.29) is 5.84 Å². The van der Waals surface area contributed by atoms with Crippen molar-refractivity contribution in [1.82, 2.24) is 0 Å². The molecule has 66 heavy (non-hydrogen) atoms. The molecule has 0 saturated heterocycles. The Morgan fingerprint density at radius 3 is 1.74 bits per heavy atom. The van der Waals surface area contributed by atoms with Crippen LogP contribution in [0.4, 0.5) is 0 Å². The molecule has 0 aliphatic carbocycles. The first-order valence-electron chi connectivity index (χ1n) is 22.0. The van der Waals surface area contributed by atoms with Crippen molar-refractivity contribution in [3.8, 4) is 50.6 Å². The van der Waals surface area contributed by atoms with E-state index >= 15 is 0 Å². The molecule has 0 aliphatic rings. The van der Waals surface area contributed by atoms with E-state index in [9.17, 15) is 10.7 Å². The molecule has 11 aromatic rings. The Morgan fingerprint density at radius 2 is 0.985 bits per heavy atom. The maximum absolute atomic E-state index is 9.98. The van der Waals surface area contributed by atoms with Crippen molar-refractivity contribution in [2.24, 2.45) is 9.98 Å². The highest BCUT2D eigenvalue weighted by atomic mass is 14.9. The van der Waals surface area contributed by atoms with Crippen LogP contribution in [0.25, 0.3) is 87.6 Å². The SMILES string of the molecule is N#Cc1ccc(-c2ccc(-c3ccc(C(N=Cc4ccccc4)=NC(=N)c4cccc5c4ccc4ccccc45)cc3)cc2)c(-c2cccc(-c3ccc4ccc5ccccc5c4c3)c2)c1. The van der Waals surface area contributed by atoms with Crippen LogP contribution in [0.1, 0.15) is 22.3 Å². The first kappa shape index (κ1) is 39.8. The van der Waals surface area contributed by atoms with Gasteiger partial charge in [-0.1, -0.05) is 206 Å². The summed E-state index contributed by atoms with van der Waals surface area (Å²) in [6, 6.07) is 81.8. The van der Waals surface area contributed by atoms with Gasteiger partial charge in [0.15, 0.2) is 11.7 Å². The fraction of sp³-hybridized carbons (Fsp3) is 0. The number of nitrogens with one attached hydrogen (secondary N) is 1. The zero-order valence-electron chi connectivity index (χ0n) is 35.9. The van der Waals surface area contributed by atoms with Gasteiger partial charge in [0.25, 0.3) is 0 Å². The van der Waals surface area contributed by atoms with E-state index in [0.29, 0.717) is 11.4 Å². The van der Waals surface area contributed by atoms with Gasteiger partial charge in [-0.3, -0.25) is 5.41 Å². The minimum absolute atomic E-state index is 0.145. The van der Waals surface area contributed by atoms with Crippen LogP contribution in [0, 0.1) is 16.7 Å². The van der Waals surface area contributed by atoms with Crippen LogP contribution in [0.15, 0.2) is 241 Å². The van der Waals surface area contributed by atoms with Crippen molar-refractivity contribution in [3.05, 3.63) is 253 Å². The maximum Gasteiger partial charge on any atom is 0.161 e. The van der Waals surface area contributed by atoms with Crippen LogP contribution in [0.3, 0.4) is 0 Å². The Morgan fingerprint density at radius 1 is 0.409 bits per heavy atom. The van der Waals surface area contributed by atoms with Gasteiger partial charge in [0.05, 0.1) is 11.6 Å². The Labute approximate surface area is 383 Å². The van der Waals surface area contributed by atoms with Crippen LogP contribution in [-0.4, -0.2) is 17.9 Å². The summed E-state index contributed by atoms with van der Waals surface area (Å²) in [4.78, 5) is 9.74. The Balaban J connectivity index is 0.902. The molecule has 0 aliphatic heterocycles. The van der Waals surface area contributed by atoms with Crippen LogP contribution in [0.2, 0.25) is 0 Å². The summed E-state index contributed by atoms with van der Waals surface area (Å²) >= 11 is 0. The molecule has 4 nitrogen and oxygen atoms in total. The van der Waals surface area contributed by atoms with Crippen molar-refractivity contribution in [2.75, 3.05) is 0 Å². The average molecular weight is 841 g/mol. The molecular weight excluding hydrogens is 801 g/mol.